The monoisotopic (exact) mass is 415 g/mol. The van der Waals surface area contributed by atoms with Crippen LogP contribution in [0.25, 0.3) is 0 Å². The molecule has 1 aliphatic rings. The lowest BCUT2D eigenvalue weighted by molar-refractivity contribution is -0.133. The second-order valence-corrected chi connectivity index (χ2v) is 8.21. The average molecular weight is 416 g/mol. The van der Waals surface area contributed by atoms with E-state index in [9.17, 15) is 9.59 Å². The van der Waals surface area contributed by atoms with Crippen LogP contribution in [0.3, 0.4) is 0 Å². The highest BCUT2D eigenvalue weighted by atomic mass is 32.2. The Balaban J connectivity index is 1.58. The van der Waals surface area contributed by atoms with Crippen molar-refractivity contribution in [2.75, 3.05) is 38.2 Å². The molecule has 1 saturated heterocycles. The van der Waals surface area contributed by atoms with E-state index in [0.717, 1.165) is 38.4 Å². The van der Waals surface area contributed by atoms with Gasteiger partial charge in [-0.15, -0.1) is 0 Å². The van der Waals surface area contributed by atoms with E-state index >= 15 is 0 Å². The van der Waals surface area contributed by atoms with Gasteiger partial charge in [0, 0.05) is 32.7 Å². The second-order valence-electron chi connectivity index (χ2n) is 7.23. The van der Waals surface area contributed by atoms with Crippen LogP contribution in [0.4, 0.5) is 0 Å². The Morgan fingerprint density at radius 1 is 1.10 bits per heavy atom. The molecule has 0 bridgehead atoms. The molecule has 6 nitrogen and oxygen atoms in total. The highest BCUT2D eigenvalue weighted by molar-refractivity contribution is 7.98. The molecule has 1 fully saturated rings. The molecule has 1 atom stereocenters. The molecule has 3 rings (SSSR count). The zero-order chi connectivity index (χ0) is 20.5. The molecule has 1 aliphatic heterocycles. The van der Waals surface area contributed by atoms with Crippen LogP contribution in [0, 0.1) is 0 Å². The number of hydrogen-bond donors (Lipinski definition) is 1. The van der Waals surface area contributed by atoms with Crippen LogP contribution in [0.1, 0.15) is 29.0 Å². The fourth-order valence-corrected chi connectivity index (χ4v) is 4.01. The molecule has 29 heavy (non-hydrogen) atoms. The van der Waals surface area contributed by atoms with E-state index in [2.05, 4.69) is 34.5 Å². The van der Waals surface area contributed by atoms with E-state index in [1.807, 2.05) is 17.2 Å². The number of rotatable bonds is 8. The number of hydrogen-bond acceptors (Lipinski definition) is 5. The summed E-state index contributed by atoms with van der Waals surface area (Å²) in [6, 6.07) is 13.2. The standard InChI is InChI=1S/C22H29N3O3S/c1-29-16-10-19(23-21(26)20-9-5-15-28-20)22(27)25-12-6-11-24(13-14-25)17-18-7-3-2-4-8-18/h2-5,7-9,15,19H,6,10-14,16-17H2,1H3,(H,23,26). The van der Waals surface area contributed by atoms with Crippen molar-refractivity contribution >= 4 is 23.6 Å². The Kier molecular flexibility index (Phi) is 8.19. The predicted octanol–water partition coefficient (Wildman–Crippen LogP) is 2.87. The molecule has 2 heterocycles. The second kappa shape index (κ2) is 11.1. The topological polar surface area (TPSA) is 65.8 Å². The van der Waals surface area contributed by atoms with Gasteiger partial charge in [0.1, 0.15) is 6.04 Å². The van der Waals surface area contributed by atoms with Crippen LogP contribution >= 0.6 is 11.8 Å². The molecular weight excluding hydrogens is 386 g/mol. The molecule has 7 heteroatoms. The summed E-state index contributed by atoms with van der Waals surface area (Å²) in [5.41, 5.74) is 1.29. The summed E-state index contributed by atoms with van der Waals surface area (Å²) < 4.78 is 5.17. The third kappa shape index (κ3) is 6.37. The minimum absolute atomic E-state index is 0.000479. The largest absolute Gasteiger partial charge is 0.459 e. The third-order valence-corrected chi connectivity index (χ3v) is 5.75. The molecular formula is C22H29N3O3S. The fraction of sp³-hybridized carbons (Fsp3) is 0.455. The van der Waals surface area contributed by atoms with Gasteiger partial charge in [-0.25, -0.2) is 0 Å². The van der Waals surface area contributed by atoms with E-state index in [-0.39, 0.29) is 17.6 Å². The summed E-state index contributed by atoms with van der Waals surface area (Å²) in [5.74, 6) is 0.704. The van der Waals surface area contributed by atoms with E-state index in [1.54, 1.807) is 23.9 Å². The van der Waals surface area contributed by atoms with Crippen LogP contribution < -0.4 is 5.32 Å². The Bertz CT molecular complexity index is 767. The zero-order valence-corrected chi connectivity index (χ0v) is 17.7. The van der Waals surface area contributed by atoms with Crippen LogP contribution in [0.15, 0.2) is 53.1 Å². The lowest BCUT2D eigenvalue weighted by Gasteiger charge is -2.27. The van der Waals surface area contributed by atoms with Gasteiger partial charge in [-0.2, -0.15) is 11.8 Å². The lowest BCUT2D eigenvalue weighted by atomic mass is 10.1. The summed E-state index contributed by atoms with van der Waals surface area (Å²) >= 11 is 1.67. The number of carbonyl (C=O) groups excluding carboxylic acids is 2. The summed E-state index contributed by atoms with van der Waals surface area (Å²) in [7, 11) is 0. The highest BCUT2D eigenvalue weighted by Gasteiger charge is 2.28. The Hall–Kier alpha value is -2.25. The summed E-state index contributed by atoms with van der Waals surface area (Å²) in [5, 5.41) is 2.87. The maximum Gasteiger partial charge on any atom is 0.287 e. The minimum Gasteiger partial charge on any atom is -0.459 e. The predicted molar refractivity (Wildman–Crippen MR) is 116 cm³/mol. The van der Waals surface area contributed by atoms with Gasteiger partial charge in [0.15, 0.2) is 5.76 Å². The van der Waals surface area contributed by atoms with Gasteiger partial charge in [0.25, 0.3) is 5.91 Å². The van der Waals surface area contributed by atoms with Gasteiger partial charge in [0.2, 0.25) is 5.91 Å². The van der Waals surface area contributed by atoms with Crippen molar-refractivity contribution < 1.29 is 14.0 Å². The molecule has 156 valence electrons. The molecule has 2 aromatic rings. The Morgan fingerprint density at radius 3 is 2.66 bits per heavy atom. The van der Waals surface area contributed by atoms with Gasteiger partial charge in [-0.05, 0) is 42.5 Å². The van der Waals surface area contributed by atoms with Crippen LogP contribution in [0.5, 0.6) is 0 Å². The van der Waals surface area contributed by atoms with Crippen molar-refractivity contribution in [3.63, 3.8) is 0 Å². The maximum absolute atomic E-state index is 13.2. The van der Waals surface area contributed by atoms with Crippen molar-refractivity contribution in [2.45, 2.75) is 25.4 Å². The Labute approximate surface area is 176 Å². The maximum atomic E-state index is 13.2. The number of thioether (sulfide) groups is 1. The van der Waals surface area contributed by atoms with Crippen LogP contribution in [-0.2, 0) is 11.3 Å². The fourth-order valence-electron chi connectivity index (χ4n) is 3.54. The normalized spacial score (nSPS) is 16.2. The van der Waals surface area contributed by atoms with Gasteiger partial charge in [-0.3, -0.25) is 14.5 Å². The molecule has 1 unspecified atom stereocenters. The molecule has 0 radical (unpaired) electrons. The quantitative estimate of drug-likeness (QED) is 0.718. The summed E-state index contributed by atoms with van der Waals surface area (Å²) in [4.78, 5) is 29.9. The Morgan fingerprint density at radius 2 is 1.93 bits per heavy atom. The smallest absolute Gasteiger partial charge is 0.287 e. The molecule has 1 N–H and O–H groups in total. The van der Waals surface area contributed by atoms with Gasteiger partial charge >= 0.3 is 0 Å². The number of amides is 2. The number of nitrogens with one attached hydrogen (secondary N) is 1. The zero-order valence-electron chi connectivity index (χ0n) is 16.9. The molecule has 0 spiro atoms. The average Bonchev–Trinajstić information content (AvgIpc) is 3.19. The third-order valence-electron chi connectivity index (χ3n) is 5.11. The highest BCUT2D eigenvalue weighted by Crippen LogP contribution is 2.12. The summed E-state index contributed by atoms with van der Waals surface area (Å²) in [6.07, 6.45) is 5.00. The number of benzene rings is 1. The SMILES string of the molecule is CSCCC(NC(=O)c1ccco1)C(=O)N1CCCN(Cc2ccccc2)CC1. The summed E-state index contributed by atoms with van der Waals surface area (Å²) in [6.45, 7) is 4.09. The van der Waals surface area contributed by atoms with Gasteiger partial charge < -0.3 is 14.6 Å². The minimum atomic E-state index is -0.527. The van der Waals surface area contributed by atoms with Crippen molar-refractivity contribution in [1.29, 1.82) is 0 Å². The van der Waals surface area contributed by atoms with Crippen molar-refractivity contribution in [3.05, 3.63) is 60.1 Å². The molecule has 1 aromatic heterocycles. The number of nitrogens with zero attached hydrogens (tertiary/aromatic N) is 2. The molecule has 0 saturated carbocycles. The van der Waals surface area contributed by atoms with E-state index < -0.39 is 6.04 Å². The number of furan rings is 1. The van der Waals surface area contributed by atoms with Crippen molar-refractivity contribution in [1.82, 2.24) is 15.1 Å². The van der Waals surface area contributed by atoms with Crippen molar-refractivity contribution in [3.8, 4) is 0 Å². The first-order valence-corrected chi connectivity index (χ1v) is 11.4. The van der Waals surface area contributed by atoms with Crippen LogP contribution in [0.2, 0.25) is 0 Å². The van der Waals surface area contributed by atoms with Crippen LogP contribution in [-0.4, -0.2) is 65.8 Å². The van der Waals surface area contributed by atoms with Crippen molar-refractivity contribution in [2.24, 2.45) is 0 Å². The first kappa shape index (κ1) is 21.5. The van der Waals surface area contributed by atoms with E-state index in [0.29, 0.717) is 13.0 Å². The molecule has 0 aliphatic carbocycles. The molecule has 1 aromatic carbocycles. The first-order valence-electron chi connectivity index (χ1n) is 10.1. The lowest BCUT2D eigenvalue weighted by Crippen LogP contribution is -2.49. The molecule has 2 amide bonds. The van der Waals surface area contributed by atoms with E-state index in [4.69, 9.17) is 4.42 Å². The van der Waals surface area contributed by atoms with Gasteiger partial charge in [-0.1, -0.05) is 30.3 Å². The van der Waals surface area contributed by atoms with E-state index in [1.165, 1.54) is 11.8 Å². The van der Waals surface area contributed by atoms with Gasteiger partial charge in [0.05, 0.1) is 6.26 Å². The number of carbonyl (C=O) groups is 2. The first-order chi connectivity index (χ1) is 14.2.